The fraction of sp³-hybridized carbons (Fsp3) is 0.550. The summed E-state index contributed by atoms with van der Waals surface area (Å²) in [7, 11) is 0. The number of rotatable bonds is 6. The van der Waals surface area contributed by atoms with Gasteiger partial charge in [0.2, 0.25) is 0 Å². The van der Waals surface area contributed by atoms with Gasteiger partial charge in [-0.15, -0.1) is 0 Å². The van der Waals surface area contributed by atoms with Crippen LogP contribution in [0.1, 0.15) is 39.8 Å². The number of thioether (sulfide) groups is 1. The SMILES string of the molecule is CSc1nc(N)c2c(N)cn(C3O[C@H](COC(C)=O)[C@@H](OC(C)=O)CCC3OC(C)=O)c2n1. The number of fused-ring (bicyclic) bond motifs is 1. The van der Waals surface area contributed by atoms with Crippen LogP contribution in [0.3, 0.4) is 0 Å². The number of nitrogens with zero attached hydrogens (tertiary/aromatic N) is 3. The van der Waals surface area contributed by atoms with E-state index in [2.05, 4.69) is 9.97 Å². The van der Waals surface area contributed by atoms with Crippen LogP contribution in [-0.2, 0) is 33.3 Å². The summed E-state index contributed by atoms with van der Waals surface area (Å²) in [5.41, 5.74) is 13.0. The van der Waals surface area contributed by atoms with Crippen LogP contribution >= 0.6 is 11.8 Å². The van der Waals surface area contributed by atoms with Gasteiger partial charge >= 0.3 is 17.9 Å². The number of hydrogen-bond donors (Lipinski definition) is 2. The lowest BCUT2D eigenvalue weighted by Gasteiger charge is -2.29. The van der Waals surface area contributed by atoms with Gasteiger partial charge < -0.3 is 35.0 Å². The van der Waals surface area contributed by atoms with Crippen LogP contribution < -0.4 is 11.5 Å². The first kappa shape index (κ1) is 24.6. The molecule has 33 heavy (non-hydrogen) atoms. The van der Waals surface area contributed by atoms with Crippen LogP contribution in [-0.4, -0.2) is 63.6 Å². The van der Waals surface area contributed by atoms with E-state index in [1.54, 1.807) is 17.0 Å². The molecule has 0 spiro atoms. The molecule has 13 heteroatoms. The maximum Gasteiger partial charge on any atom is 0.303 e. The third-order valence-electron chi connectivity index (χ3n) is 5.03. The molecule has 1 aliphatic heterocycles. The zero-order valence-electron chi connectivity index (χ0n) is 18.8. The van der Waals surface area contributed by atoms with Crippen molar-refractivity contribution in [3.05, 3.63) is 6.20 Å². The molecule has 12 nitrogen and oxygen atoms in total. The maximum absolute atomic E-state index is 11.9. The average Bonchev–Trinajstić information content (AvgIpc) is 2.97. The van der Waals surface area contributed by atoms with E-state index in [1.165, 1.54) is 32.5 Å². The molecule has 2 unspecified atom stereocenters. The minimum atomic E-state index is -0.918. The van der Waals surface area contributed by atoms with Crippen molar-refractivity contribution < 1.29 is 33.3 Å². The molecule has 1 aliphatic rings. The summed E-state index contributed by atoms with van der Waals surface area (Å²) in [6, 6.07) is 0. The average molecular weight is 482 g/mol. The molecule has 0 radical (unpaired) electrons. The Kier molecular flexibility index (Phi) is 7.64. The van der Waals surface area contributed by atoms with E-state index in [0.717, 1.165) is 0 Å². The van der Waals surface area contributed by atoms with Crippen molar-refractivity contribution in [1.29, 1.82) is 0 Å². The summed E-state index contributed by atoms with van der Waals surface area (Å²) in [5, 5.41) is 0.863. The Morgan fingerprint density at radius 3 is 2.33 bits per heavy atom. The maximum atomic E-state index is 11.9. The summed E-state index contributed by atoms with van der Waals surface area (Å²) in [4.78, 5) is 43.7. The normalized spacial score (nSPS) is 23.0. The van der Waals surface area contributed by atoms with Crippen molar-refractivity contribution in [3.63, 3.8) is 0 Å². The largest absolute Gasteiger partial charge is 0.463 e. The Labute approximate surface area is 194 Å². The zero-order chi connectivity index (χ0) is 24.3. The minimum Gasteiger partial charge on any atom is -0.463 e. The summed E-state index contributed by atoms with van der Waals surface area (Å²) in [6.45, 7) is 3.66. The number of esters is 3. The smallest absolute Gasteiger partial charge is 0.303 e. The summed E-state index contributed by atoms with van der Waals surface area (Å²) < 4.78 is 24.0. The Bertz CT molecular complexity index is 1060. The second kappa shape index (κ2) is 10.3. The van der Waals surface area contributed by atoms with Gasteiger partial charge in [0.1, 0.15) is 30.7 Å². The number of carbonyl (C=O) groups is 3. The second-order valence-electron chi connectivity index (χ2n) is 7.53. The monoisotopic (exact) mass is 481 g/mol. The number of nitrogen functional groups attached to an aromatic ring is 2. The topological polar surface area (TPSA) is 171 Å². The van der Waals surface area contributed by atoms with E-state index in [-0.39, 0.29) is 12.4 Å². The number of hydrogen-bond acceptors (Lipinski definition) is 12. The number of ether oxygens (including phenoxy) is 4. The fourth-order valence-electron chi connectivity index (χ4n) is 3.75. The molecule has 1 fully saturated rings. The quantitative estimate of drug-likeness (QED) is 0.263. The van der Waals surface area contributed by atoms with Crippen LogP contribution in [0.5, 0.6) is 0 Å². The molecule has 0 aromatic carbocycles. The molecular formula is C20H27N5O7S. The third-order valence-corrected chi connectivity index (χ3v) is 5.58. The molecule has 0 aliphatic carbocycles. The molecule has 4 N–H and O–H groups in total. The minimum absolute atomic E-state index is 0.168. The van der Waals surface area contributed by atoms with E-state index in [4.69, 9.17) is 30.4 Å². The lowest BCUT2D eigenvalue weighted by atomic mass is 10.1. The highest BCUT2D eigenvalue weighted by Gasteiger charge is 2.40. The molecule has 0 amide bonds. The van der Waals surface area contributed by atoms with Crippen molar-refractivity contribution in [2.24, 2.45) is 0 Å². The van der Waals surface area contributed by atoms with E-state index in [0.29, 0.717) is 34.7 Å². The standard InChI is InChI=1S/C20H27N5O7S/c1-9(26)29-8-15-13(30-10(2)27)5-6-14(31-11(3)28)19(32-15)25-7-12(21)16-17(22)23-20(33-4)24-18(16)25/h7,13-15,19H,5-6,8,21H2,1-4H3,(H2,22,23,24)/t13-,14?,15+,19?/m0/s1. The number of carbonyl (C=O) groups excluding carboxylic acids is 3. The Balaban J connectivity index is 2.10. The second-order valence-corrected chi connectivity index (χ2v) is 8.30. The van der Waals surface area contributed by atoms with E-state index >= 15 is 0 Å². The van der Waals surface area contributed by atoms with E-state index in [9.17, 15) is 14.4 Å². The molecule has 2 aromatic rings. The lowest BCUT2D eigenvalue weighted by molar-refractivity contribution is -0.183. The van der Waals surface area contributed by atoms with Gasteiger partial charge in [-0.05, 0) is 19.1 Å². The van der Waals surface area contributed by atoms with Gasteiger partial charge in [-0.1, -0.05) is 11.8 Å². The molecule has 2 aromatic heterocycles. The highest BCUT2D eigenvalue weighted by atomic mass is 32.2. The van der Waals surface area contributed by atoms with Gasteiger partial charge in [0.05, 0.1) is 11.1 Å². The Morgan fingerprint density at radius 2 is 1.73 bits per heavy atom. The van der Waals surface area contributed by atoms with Crippen molar-refractivity contribution in [2.45, 2.75) is 63.3 Å². The lowest BCUT2D eigenvalue weighted by Crippen LogP contribution is -2.38. The van der Waals surface area contributed by atoms with Gasteiger partial charge in [-0.3, -0.25) is 14.4 Å². The molecule has 0 saturated carbocycles. The first-order valence-corrected chi connectivity index (χ1v) is 11.4. The highest BCUT2D eigenvalue weighted by Crippen LogP contribution is 2.36. The summed E-state index contributed by atoms with van der Waals surface area (Å²) >= 11 is 1.30. The predicted octanol–water partition coefficient (Wildman–Crippen LogP) is 1.42. The number of anilines is 2. The fourth-order valence-corrected chi connectivity index (χ4v) is 4.12. The molecule has 4 atom stereocenters. The van der Waals surface area contributed by atoms with E-state index in [1.807, 2.05) is 0 Å². The van der Waals surface area contributed by atoms with Gasteiger partial charge in [0, 0.05) is 27.0 Å². The summed E-state index contributed by atoms with van der Waals surface area (Å²) in [5.74, 6) is -1.34. The van der Waals surface area contributed by atoms with Crippen LogP contribution in [0.2, 0.25) is 0 Å². The number of nitrogens with two attached hydrogens (primary N) is 2. The van der Waals surface area contributed by atoms with E-state index < -0.39 is 42.4 Å². The molecule has 180 valence electrons. The van der Waals surface area contributed by atoms with Crippen LogP contribution in [0.4, 0.5) is 11.5 Å². The zero-order valence-corrected chi connectivity index (χ0v) is 19.6. The van der Waals surface area contributed by atoms with Gasteiger partial charge in [0.25, 0.3) is 0 Å². The first-order chi connectivity index (χ1) is 15.6. The summed E-state index contributed by atoms with van der Waals surface area (Å²) in [6.07, 6.45) is 0.740. The molecular weight excluding hydrogens is 454 g/mol. The van der Waals surface area contributed by atoms with Crippen LogP contribution in [0.15, 0.2) is 11.4 Å². The molecule has 3 heterocycles. The van der Waals surface area contributed by atoms with Crippen molar-refractivity contribution in [2.75, 3.05) is 24.3 Å². The Morgan fingerprint density at radius 1 is 1.09 bits per heavy atom. The van der Waals surface area contributed by atoms with Crippen LogP contribution in [0.25, 0.3) is 11.0 Å². The van der Waals surface area contributed by atoms with Gasteiger partial charge in [-0.25, -0.2) is 9.97 Å². The van der Waals surface area contributed by atoms with Crippen molar-refractivity contribution >= 4 is 52.2 Å². The molecule has 3 rings (SSSR count). The van der Waals surface area contributed by atoms with Gasteiger partial charge in [-0.2, -0.15) is 0 Å². The van der Waals surface area contributed by atoms with Crippen molar-refractivity contribution in [1.82, 2.24) is 14.5 Å². The molecule has 1 saturated heterocycles. The predicted molar refractivity (Wildman–Crippen MR) is 119 cm³/mol. The molecule has 0 bridgehead atoms. The third kappa shape index (κ3) is 5.66. The number of aromatic nitrogens is 3. The first-order valence-electron chi connectivity index (χ1n) is 10.2. The highest BCUT2D eigenvalue weighted by molar-refractivity contribution is 7.98. The Hall–Kier alpha value is -3.06. The van der Waals surface area contributed by atoms with Crippen molar-refractivity contribution in [3.8, 4) is 0 Å². The van der Waals surface area contributed by atoms with Gasteiger partial charge in [0.15, 0.2) is 17.0 Å². The van der Waals surface area contributed by atoms with Crippen LogP contribution in [0, 0.1) is 0 Å².